The van der Waals surface area contributed by atoms with Gasteiger partial charge in [0.1, 0.15) is 5.60 Å². The van der Waals surface area contributed by atoms with Crippen molar-refractivity contribution in [1.82, 2.24) is 0 Å². The van der Waals surface area contributed by atoms with Crippen molar-refractivity contribution >= 4 is 5.78 Å². The standard InChI is InChI=1S/C11H14O2/c1-3-10(12)11(2,13)9-7-5-4-6-8-9/h4-8,13H,3H2,1-2H3/t11-/m0/s1. The molecule has 1 aromatic rings. The van der Waals surface area contributed by atoms with Crippen LogP contribution in [0.1, 0.15) is 25.8 Å². The third-order valence-electron chi connectivity index (χ3n) is 2.20. The Kier molecular flexibility index (Phi) is 2.83. The Morgan fingerprint density at radius 2 is 1.92 bits per heavy atom. The lowest BCUT2D eigenvalue weighted by Gasteiger charge is -2.21. The van der Waals surface area contributed by atoms with Gasteiger partial charge in [0.15, 0.2) is 5.78 Å². The van der Waals surface area contributed by atoms with E-state index in [1.165, 1.54) is 6.92 Å². The maximum atomic E-state index is 11.4. The smallest absolute Gasteiger partial charge is 0.168 e. The van der Waals surface area contributed by atoms with Gasteiger partial charge in [-0.15, -0.1) is 0 Å². The number of carbonyl (C=O) groups is 1. The lowest BCUT2D eigenvalue weighted by Crippen LogP contribution is -2.31. The molecule has 0 aliphatic heterocycles. The fourth-order valence-corrected chi connectivity index (χ4v) is 1.27. The van der Waals surface area contributed by atoms with Gasteiger partial charge in [-0.25, -0.2) is 0 Å². The average molecular weight is 178 g/mol. The van der Waals surface area contributed by atoms with E-state index in [0.29, 0.717) is 12.0 Å². The van der Waals surface area contributed by atoms with Crippen LogP contribution in [0.3, 0.4) is 0 Å². The van der Waals surface area contributed by atoms with E-state index in [2.05, 4.69) is 0 Å². The maximum Gasteiger partial charge on any atom is 0.168 e. The van der Waals surface area contributed by atoms with Crippen molar-refractivity contribution in [2.45, 2.75) is 25.9 Å². The molecule has 1 aromatic carbocycles. The van der Waals surface area contributed by atoms with Crippen molar-refractivity contribution in [1.29, 1.82) is 0 Å². The molecule has 70 valence electrons. The molecule has 0 fully saturated rings. The summed E-state index contributed by atoms with van der Waals surface area (Å²) in [4.78, 5) is 11.4. The van der Waals surface area contributed by atoms with E-state index < -0.39 is 5.60 Å². The first-order valence-electron chi connectivity index (χ1n) is 4.40. The van der Waals surface area contributed by atoms with Crippen LogP contribution >= 0.6 is 0 Å². The quantitative estimate of drug-likeness (QED) is 0.767. The van der Waals surface area contributed by atoms with Gasteiger partial charge in [-0.3, -0.25) is 4.79 Å². The van der Waals surface area contributed by atoms with Crippen molar-refractivity contribution in [3.05, 3.63) is 35.9 Å². The molecule has 0 spiro atoms. The average Bonchev–Trinajstić information content (AvgIpc) is 2.18. The van der Waals surface area contributed by atoms with Gasteiger partial charge in [-0.05, 0) is 12.5 Å². The number of hydrogen-bond donors (Lipinski definition) is 1. The zero-order valence-corrected chi connectivity index (χ0v) is 7.95. The highest BCUT2D eigenvalue weighted by Gasteiger charge is 2.29. The van der Waals surface area contributed by atoms with Crippen molar-refractivity contribution in [2.24, 2.45) is 0 Å². The van der Waals surface area contributed by atoms with Crippen molar-refractivity contribution in [3.8, 4) is 0 Å². The minimum Gasteiger partial charge on any atom is -0.378 e. The van der Waals surface area contributed by atoms with Crippen LogP contribution in [0.15, 0.2) is 30.3 Å². The number of benzene rings is 1. The first kappa shape index (κ1) is 9.93. The predicted octanol–water partition coefficient (Wildman–Crippen LogP) is 1.87. The zero-order valence-electron chi connectivity index (χ0n) is 7.95. The molecule has 1 N–H and O–H groups in total. The van der Waals surface area contributed by atoms with Gasteiger partial charge in [0, 0.05) is 6.42 Å². The minimum atomic E-state index is -1.34. The van der Waals surface area contributed by atoms with Gasteiger partial charge in [0.2, 0.25) is 0 Å². The molecule has 0 aliphatic carbocycles. The Bertz CT molecular complexity index is 288. The Labute approximate surface area is 78.2 Å². The molecule has 0 aromatic heterocycles. The van der Waals surface area contributed by atoms with E-state index in [0.717, 1.165) is 0 Å². The molecule has 0 bridgehead atoms. The van der Waals surface area contributed by atoms with Gasteiger partial charge in [0.05, 0.1) is 0 Å². The summed E-state index contributed by atoms with van der Waals surface area (Å²) in [6, 6.07) is 9.00. The SMILES string of the molecule is CCC(=O)[C@@](C)(O)c1ccccc1. The normalized spacial score (nSPS) is 15.0. The highest BCUT2D eigenvalue weighted by Crippen LogP contribution is 2.22. The predicted molar refractivity (Wildman–Crippen MR) is 51.3 cm³/mol. The summed E-state index contributed by atoms with van der Waals surface area (Å²) in [5.41, 5.74) is -0.683. The highest BCUT2D eigenvalue weighted by molar-refractivity contribution is 5.87. The number of rotatable bonds is 3. The summed E-state index contributed by atoms with van der Waals surface area (Å²) in [6.45, 7) is 3.29. The lowest BCUT2D eigenvalue weighted by molar-refractivity contribution is -0.136. The second kappa shape index (κ2) is 3.71. The van der Waals surface area contributed by atoms with Crippen LogP contribution in [0.4, 0.5) is 0 Å². The largest absolute Gasteiger partial charge is 0.378 e. The minimum absolute atomic E-state index is 0.154. The number of aliphatic hydroxyl groups is 1. The molecule has 0 saturated carbocycles. The molecular weight excluding hydrogens is 164 g/mol. The summed E-state index contributed by atoms with van der Waals surface area (Å²) in [5.74, 6) is -0.154. The molecule has 0 aliphatic rings. The molecule has 0 unspecified atom stereocenters. The van der Waals surface area contributed by atoms with Gasteiger partial charge in [0.25, 0.3) is 0 Å². The molecule has 1 atom stereocenters. The Morgan fingerprint density at radius 1 is 1.38 bits per heavy atom. The molecular formula is C11H14O2. The van der Waals surface area contributed by atoms with Crippen LogP contribution < -0.4 is 0 Å². The molecule has 2 nitrogen and oxygen atoms in total. The molecule has 0 radical (unpaired) electrons. The molecule has 0 amide bonds. The monoisotopic (exact) mass is 178 g/mol. The summed E-state index contributed by atoms with van der Waals surface area (Å²) < 4.78 is 0. The van der Waals surface area contributed by atoms with E-state index in [-0.39, 0.29) is 5.78 Å². The fourth-order valence-electron chi connectivity index (χ4n) is 1.27. The number of Topliss-reactive ketones (excluding diaryl/α,β-unsaturated/α-hetero) is 1. The van der Waals surface area contributed by atoms with Crippen LogP contribution in [0.5, 0.6) is 0 Å². The molecule has 2 heteroatoms. The fraction of sp³-hybridized carbons (Fsp3) is 0.364. The third kappa shape index (κ3) is 1.95. The van der Waals surface area contributed by atoms with Crippen LogP contribution in [-0.2, 0) is 10.4 Å². The summed E-state index contributed by atoms with van der Waals surface area (Å²) in [6.07, 6.45) is 0.349. The molecule has 0 saturated heterocycles. The van der Waals surface area contributed by atoms with Crippen LogP contribution in [0.25, 0.3) is 0 Å². The first-order chi connectivity index (χ1) is 6.09. The molecule has 0 heterocycles. The Hall–Kier alpha value is -1.15. The van der Waals surface area contributed by atoms with E-state index in [1.807, 2.05) is 18.2 Å². The summed E-state index contributed by atoms with van der Waals surface area (Å²) in [5, 5.41) is 9.90. The molecule has 1 rings (SSSR count). The summed E-state index contributed by atoms with van der Waals surface area (Å²) >= 11 is 0. The second-order valence-corrected chi connectivity index (χ2v) is 3.21. The van der Waals surface area contributed by atoms with Gasteiger partial charge >= 0.3 is 0 Å². The number of ketones is 1. The lowest BCUT2D eigenvalue weighted by atomic mass is 9.90. The van der Waals surface area contributed by atoms with Crippen molar-refractivity contribution in [3.63, 3.8) is 0 Å². The van der Waals surface area contributed by atoms with Gasteiger partial charge in [-0.2, -0.15) is 0 Å². The zero-order chi connectivity index (χ0) is 9.90. The van der Waals surface area contributed by atoms with Crippen LogP contribution in [-0.4, -0.2) is 10.9 Å². The van der Waals surface area contributed by atoms with Crippen molar-refractivity contribution < 1.29 is 9.90 Å². The van der Waals surface area contributed by atoms with E-state index >= 15 is 0 Å². The second-order valence-electron chi connectivity index (χ2n) is 3.21. The Morgan fingerprint density at radius 3 is 2.38 bits per heavy atom. The van der Waals surface area contributed by atoms with Crippen molar-refractivity contribution in [2.75, 3.05) is 0 Å². The Balaban J connectivity index is 3.00. The van der Waals surface area contributed by atoms with E-state index in [9.17, 15) is 9.90 Å². The summed E-state index contributed by atoms with van der Waals surface area (Å²) in [7, 11) is 0. The number of hydrogen-bond acceptors (Lipinski definition) is 2. The van der Waals surface area contributed by atoms with Gasteiger partial charge < -0.3 is 5.11 Å². The molecule has 13 heavy (non-hydrogen) atoms. The third-order valence-corrected chi connectivity index (χ3v) is 2.20. The van der Waals surface area contributed by atoms with Crippen LogP contribution in [0.2, 0.25) is 0 Å². The topological polar surface area (TPSA) is 37.3 Å². The number of carbonyl (C=O) groups excluding carboxylic acids is 1. The first-order valence-corrected chi connectivity index (χ1v) is 4.40. The van der Waals surface area contributed by atoms with E-state index in [1.54, 1.807) is 19.1 Å². The van der Waals surface area contributed by atoms with Crippen LogP contribution in [0, 0.1) is 0 Å². The maximum absolute atomic E-state index is 11.4. The van der Waals surface area contributed by atoms with E-state index in [4.69, 9.17) is 0 Å². The highest BCUT2D eigenvalue weighted by atomic mass is 16.3. The van der Waals surface area contributed by atoms with Gasteiger partial charge in [-0.1, -0.05) is 37.3 Å².